The fraction of sp³-hybridized carbons (Fsp3) is 0.440. The second kappa shape index (κ2) is 11.3. The van der Waals surface area contributed by atoms with Crippen LogP contribution in [0.15, 0.2) is 28.7 Å². The summed E-state index contributed by atoms with van der Waals surface area (Å²) in [6, 6.07) is 7.70. The molecule has 39 heavy (non-hydrogen) atoms. The number of benzene rings is 1. The highest BCUT2D eigenvalue weighted by Crippen LogP contribution is 2.32. The zero-order chi connectivity index (χ0) is 27.7. The van der Waals surface area contributed by atoms with Crippen LogP contribution < -0.4 is 16.4 Å². The van der Waals surface area contributed by atoms with Gasteiger partial charge >= 0.3 is 11.8 Å². The fourth-order valence-corrected chi connectivity index (χ4v) is 5.65. The van der Waals surface area contributed by atoms with Crippen LogP contribution in [0.3, 0.4) is 0 Å². The van der Waals surface area contributed by atoms with Crippen LogP contribution in [0, 0.1) is 0 Å². The summed E-state index contributed by atoms with van der Waals surface area (Å²) in [5, 5.41) is 8.11. The van der Waals surface area contributed by atoms with Crippen molar-refractivity contribution in [1.29, 1.82) is 0 Å². The number of carbonyl (C=O) groups excluding carboxylic acids is 2. The van der Waals surface area contributed by atoms with Gasteiger partial charge in [0.1, 0.15) is 0 Å². The van der Waals surface area contributed by atoms with E-state index in [1.54, 1.807) is 24.3 Å². The Morgan fingerprint density at radius 1 is 1.05 bits per heavy atom. The Balaban J connectivity index is 1.23. The number of nitrogens with two attached hydrogens (primary N) is 2. The summed E-state index contributed by atoms with van der Waals surface area (Å²) in [4.78, 5) is 39.6. The van der Waals surface area contributed by atoms with Crippen LogP contribution in [0.5, 0.6) is 0 Å². The first-order chi connectivity index (χ1) is 18.7. The Hall–Kier alpha value is -3.48. The number of hydrogen-bond acceptors (Lipinski definition) is 10. The number of halogens is 2. The van der Waals surface area contributed by atoms with Gasteiger partial charge < -0.3 is 25.7 Å². The molecule has 1 aromatic carbocycles. The van der Waals surface area contributed by atoms with Crippen molar-refractivity contribution < 1.29 is 14.0 Å². The smallest absolute Gasteiger partial charge is 0.306 e. The fourth-order valence-electron chi connectivity index (χ4n) is 5.28. The lowest BCUT2D eigenvalue weighted by molar-refractivity contribution is 0.0490. The Morgan fingerprint density at radius 3 is 2.41 bits per heavy atom. The molecule has 2 fully saturated rings. The van der Waals surface area contributed by atoms with Crippen LogP contribution in [0.25, 0.3) is 11.6 Å². The van der Waals surface area contributed by atoms with Crippen LogP contribution in [0.4, 0.5) is 11.6 Å². The minimum absolute atomic E-state index is 0.0441. The lowest BCUT2D eigenvalue weighted by Crippen LogP contribution is -2.58. The third-order valence-corrected chi connectivity index (χ3v) is 7.82. The molecule has 2 aliphatic heterocycles. The first-order valence-corrected chi connectivity index (χ1v) is 13.5. The number of aromatic nitrogens is 4. The van der Waals surface area contributed by atoms with Gasteiger partial charge in [0.25, 0.3) is 11.8 Å². The van der Waals surface area contributed by atoms with Crippen molar-refractivity contribution in [2.45, 2.75) is 38.3 Å². The number of carbonyl (C=O) groups is 2. The van der Waals surface area contributed by atoms with E-state index in [0.717, 1.165) is 25.8 Å². The molecule has 2 aromatic heterocycles. The highest BCUT2D eigenvalue weighted by Gasteiger charge is 2.35. The van der Waals surface area contributed by atoms with Crippen LogP contribution in [-0.4, -0.2) is 86.6 Å². The molecule has 14 heteroatoms. The molecule has 5 rings (SSSR count). The molecule has 0 aliphatic carbocycles. The van der Waals surface area contributed by atoms with Gasteiger partial charge in [-0.1, -0.05) is 30.1 Å². The van der Waals surface area contributed by atoms with Gasteiger partial charge in [-0.25, -0.2) is 9.97 Å². The predicted octanol–water partition coefficient (Wildman–Crippen LogP) is 2.72. The molecule has 2 saturated heterocycles. The number of anilines is 2. The third kappa shape index (κ3) is 5.63. The van der Waals surface area contributed by atoms with Gasteiger partial charge in [0.15, 0.2) is 22.5 Å². The Bertz CT molecular complexity index is 1360. The number of nitrogens with zero attached hydrogens (tertiary/aromatic N) is 7. The molecule has 4 N–H and O–H groups in total. The van der Waals surface area contributed by atoms with E-state index < -0.39 is 5.91 Å². The predicted molar refractivity (Wildman–Crippen MR) is 147 cm³/mol. The van der Waals surface area contributed by atoms with Crippen LogP contribution in [-0.2, 0) is 0 Å². The Kier molecular flexibility index (Phi) is 7.87. The normalized spacial score (nSPS) is 18.9. The SMILES string of the molecule is CCC1CN(c2nc(N)c(-c3nnc(C(N)=O)o3)nc2Cl)CCN1C1CCN(C(=O)c2ccc(Cl)cc2)CC1. The largest absolute Gasteiger partial charge is 0.410 e. The van der Waals surface area contributed by atoms with E-state index >= 15 is 0 Å². The molecule has 1 atom stereocenters. The maximum Gasteiger partial charge on any atom is 0.306 e. The van der Waals surface area contributed by atoms with Gasteiger partial charge in [-0.2, -0.15) is 0 Å². The average Bonchev–Trinajstić information content (AvgIpc) is 3.44. The summed E-state index contributed by atoms with van der Waals surface area (Å²) in [5.74, 6) is -0.711. The number of likely N-dealkylation sites (tertiary alicyclic amines) is 1. The lowest BCUT2D eigenvalue weighted by Gasteiger charge is -2.47. The highest BCUT2D eigenvalue weighted by molar-refractivity contribution is 6.32. The van der Waals surface area contributed by atoms with Crippen molar-refractivity contribution in [3.8, 4) is 11.6 Å². The van der Waals surface area contributed by atoms with Gasteiger partial charge in [-0.15, -0.1) is 10.2 Å². The molecule has 0 bridgehead atoms. The minimum Gasteiger partial charge on any atom is -0.410 e. The van der Waals surface area contributed by atoms with Gasteiger partial charge in [-0.05, 0) is 43.5 Å². The molecule has 2 aliphatic rings. The molecule has 2 amide bonds. The summed E-state index contributed by atoms with van der Waals surface area (Å²) >= 11 is 12.5. The second-order valence-corrected chi connectivity index (χ2v) is 10.4. The molecule has 1 unspecified atom stereocenters. The number of piperazine rings is 1. The summed E-state index contributed by atoms with van der Waals surface area (Å²) in [6.45, 7) is 5.81. The van der Waals surface area contributed by atoms with Crippen molar-refractivity contribution in [3.63, 3.8) is 0 Å². The molecular formula is C25H29Cl2N9O3. The van der Waals surface area contributed by atoms with Crippen LogP contribution in [0.1, 0.15) is 47.2 Å². The number of primary amides is 1. The highest BCUT2D eigenvalue weighted by atomic mass is 35.5. The van der Waals surface area contributed by atoms with Crippen molar-refractivity contribution in [3.05, 3.63) is 45.9 Å². The molecular weight excluding hydrogens is 545 g/mol. The monoisotopic (exact) mass is 573 g/mol. The zero-order valence-corrected chi connectivity index (χ0v) is 22.9. The van der Waals surface area contributed by atoms with E-state index in [0.29, 0.717) is 48.6 Å². The standard InChI is InChI=1S/C25H29Cl2N9O3/c1-2-16-13-35(22-19(27)30-18(20(28)31-22)23-32-33-24(39-23)21(29)37)11-12-36(16)17-7-9-34(10-8-17)25(38)14-3-5-15(26)6-4-14/h3-6,16-17H,2,7-13H2,1H3,(H2,28,31)(H2,29,37). The first kappa shape index (κ1) is 27.1. The van der Waals surface area contributed by atoms with Crippen molar-refractivity contribution in [2.75, 3.05) is 43.4 Å². The summed E-state index contributed by atoms with van der Waals surface area (Å²) in [5.41, 5.74) is 12.1. The molecule has 206 valence electrons. The molecule has 12 nitrogen and oxygen atoms in total. The average molecular weight is 574 g/mol. The third-order valence-electron chi connectivity index (χ3n) is 7.31. The van der Waals surface area contributed by atoms with Crippen LogP contribution in [0.2, 0.25) is 10.2 Å². The minimum atomic E-state index is -0.856. The van der Waals surface area contributed by atoms with Gasteiger partial charge in [0, 0.05) is 55.4 Å². The maximum atomic E-state index is 12.9. The quantitative estimate of drug-likeness (QED) is 0.448. The van der Waals surface area contributed by atoms with Crippen molar-refractivity contribution >= 4 is 46.7 Å². The zero-order valence-electron chi connectivity index (χ0n) is 21.4. The van der Waals surface area contributed by atoms with E-state index in [4.69, 9.17) is 39.1 Å². The van der Waals surface area contributed by atoms with E-state index in [1.807, 2.05) is 4.90 Å². The number of piperidine rings is 1. The summed E-state index contributed by atoms with van der Waals surface area (Å²) < 4.78 is 5.23. The topological polar surface area (TPSA) is 161 Å². The van der Waals surface area contributed by atoms with E-state index in [-0.39, 0.29) is 40.4 Å². The lowest BCUT2D eigenvalue weighted by atomic mass is 9.97. The second-order valence-electron chi connectivity index (χ2n) is 9.62. The molecule has 4 heterocycles. The first-order valence-electron chi connectivity index (χ1n) is 12.8. The van der Waals surface area contributed by atoms with E-state index in [1.165, 1.54) is 0 Å². The number of amides is 2. The Morgan fingerprint density at radius 2 is 1.77 bits per heavy atom. The van der Waals surface area contributed by atoms with Gasteiger partial charge in [0.05, 0.1) is 0 Å². The number of nitrogen functional groups attached to an aromatic ring is 1. The Labute approximate surface area is 235 Å². The van der Waals surface area contributed by atoms with E-state index in [9.17, 15) is 9.59 Å². The van der Waals surface area contributed by atoms with Crippen LogP contribution >= 0.6 is 23.2 Å². The van der Waals surface area contributed by atoms with Gasteiger partial charge in [0.2, 0.25) is 0 Å². The summed E-state index contributed by atoms with van der Waals surface area (Å²) in [7, 11) is 0. The molecule has 0 spiro atoms. The van der Waals surface area contributed by atoms with Crippen molar-refractivity contribution in [1.82, 2.24) is 30.0 Å². The molecule has 0 radical (unpaired) electrons. The van der Waals surface area contributed by atoms with E-state index in [2.05, 4.69) is 36.9 Å². The molecule has 0 saturated carbocycles. The van der Waals surface area contributed by atoms with Crippen molar-refractivity contribution in [2.24, 2.45) is 5.73 Å². The van der Waals surface area contributed by atoms with Gasteiger partial charge in [-0.3, -0.25) is 14.5 Å². The summed E-state index contributed by atoms with van der Waals surface area (Å²) in [6.07, 6.45) is 2.77. The number of rotatable bonds is 6. The number of hydrogen-bond donors (Lipinski definition) is 2. The maximum absolute atomic E-state index is 12.9. The molecule has 3 aromatic rings.